The van der Waals surface area contributed by atoms with Crippen molar-refractivity contribution >= 4 is 11.4 Å². The Kier molecular flexibility index (Phi) is 2.25. The predicted octanol–water partition coefficient (Wildman–Crippen LogP) is 0.416. The maximum atomic E-state index is 9.95. The lowest BCUT2D eigenvalue weighted by molar-refractivity contribution is -0.484. The summed E-state index contributed by atoms with van der Waals surface area (Å²) >= 11 is 0. The molecule has 60 valence electrons. The second kappa shape index (κ2) is 3.36. The van der Waals surface area contributed by atoms with Gasteiger partial charge in [0.2, 0.25) is 5.71 Å². The number of nitrogens with zero attached hydrogens (tertiary/aromatic N) is 4. The Morgan fingerprint density at radius 3 is 2.75 bits per heavy atom. The fourth-order valence-electron chi connectivity index (χ4n) is 0.721. The Labute approximate surface area is 67.3 Å². The van der Waals surface area contributed by atoms with Crippen molar-refractivity contribution in [1.82, 2.24) is 0 Å². The maximum absolute atomic E-state index is 9.95. The van der Waals surface area contributed by atoms with Crippen LogP contribution in [0.25, 0.3) is 5.53 Å². The van der Waals surface area contributed by atoms with Gasteiger partial charge in [-0.2, -0.15) is 4.79 Å². The van der Waals surface area contributed by atoms with E-state index >= 15 is 0 Å². The van der Waals surface area contributed by atoms with Gasteiger partial charge < -0.3 is 5.53 Å². The summed E-state index contributed by atoms with van der Waals surface area (Å²) in [6.45, 7) is 0. The Morgan fingerprint density at radius 2 is 2.17 bits per heavy atom. The van der Waals surface area contributed by atoms with Gasteiger partial charge in [-0.25, -0.2) is 10.1 Å². The van der Waals surface area contributed by atoms with Crippen LogP contribution in [0.15, 0.2) is 29.4 Å². The lowest BCUT2D eigenvalue weighted by Crippen LogP contribution is -2.14. The average molecular weight is 164 g/mol. The third-order valence-electron chi connectivity index (χ3n) is 1.18. The zero-order chi connectivity index (χ0) is 8.97. The maximum Gasteiger partial charge on any atom is 0.347 e. The fourth-order valence-corrected chi connectivity index (χ4v) is 0.721. The fraction of sp³-hybridized carbons (Fsp3) is 0. The van der Waals surface area contributed by atoms with Gasteiger partial charge in [0.05, 0.1) is 5.10 Å². The van der Waals surface area contributed by atoms with Crippen molar-refractivity contribution in [2.45, 2.75) is 0 Å². The van der Waals surface area contributed by atoms with E-state index in [0.29, 0.717) is 0 Å². The first-order chi connectivity index (χ1) is 5.74. The Morgan fingerprint density at radius 1 is 1.50 bits per heavy atom. The van der Waals surface area contributed by atoms with Gasteiger partial charge in [0, 0.05) is 6.08 Å². The Bertz CT molecular complexity index is 347. The highest BCUT2D eigenvalue weighted by Crippen LogP contribution is 1.95. The molecule has 1 aliphatic rings. The molecule has 0 aliphatic heterocycles. The molecule has 0 fully saturated rings. The van der Waals surface area contributed by atoms with Crippen molar-refractivity contribution in [1.29, 1.82) is 0 Å². The molecule has 6 nitrogen and oxygen atoms in total. The minimum absolute atomic E-state index is 0.0324. The van der Waals surface area contributed by atoms with Gasteiger partial charge in [-0.1, -0.05) is 12.2 Å². The summed E-state index contributed by atoms with van der Waals surface area (Å²) < 4.78 is 0. The summed E-state index contributed by atoms with van der Waals surface area (Å²) in [6.07, 6.45) is 5.96. The number of hydrogen-bond donors (Lipinski definition) is 0. The largest absolute Gasteiger partial charge is 0.361 e. The predicted molar refractivity (Wildman–Crippen MR) is 41.3 cm³/mol. The van der Waals surface area contributed by atoms with Crippen LogP contribution in [-0.2, 0) is 0 Å². The zero-order valence-corrected chi connectivity index (χ0v) is 5.91. The van der Waals surface area contributed by atoms with Gasteiger partial charge in [0.1, 0.15) is 0 Å². The van der Waals surface area contributed by atoms with Gasteiger partial charge in [-0.05, 0) is 6.08 Å². The van der Waals surface area contributed by atoms with Crippen molar-refractivity contribution in [3.05, 3.63) is 39.9 Å². The van der Waals surface area contributed by atoms with Gasteiger partial charge in [0.25, 0.3) is 0 Å². The van der Waals surface area contributed by atoms with Crippen LogP contribution in [0.1, 0.15) is 0 Å². The smallest absolute Gasteiger partial charge is 0.347 e. The molecular formula is C6H4N4O2. The van der Waals surface area contributed by atoms with Crippen molar-refractivity contribution < 1.29 is 9.82 Å². The highest BCUT2D eigenvalue weighted by Gasteiger charge is 2.17. The number of hydrogen-bond acceptors (Lipinski definition) is 2. The highest BCUT2D eigenvalue weighted by molar-refractivity contribution is 6.48. The average Bonchev–Trinajstić information content (AvgIpc) is 2.04. The lowest BCUT2D eigenvalue weighted by atomic mass is 10.1. The summed E-state index contributed by atoms with van der Waals surface area (Å²) in [5, 5.41) is 12.1. The standard InChI is InChI=1S/C6H4N4O2/c7-8-5-3-1-2-4-6(5)9-10(11)12/h1-4H. The van der Waals surface area contributed by atoms with Crippen LogP contribution in [0.5, 0.6) is 0 Å². The number of nitro groups is 1. The van der Waals surface area contributed by atoms with Crippen molar-refractivity contribution in [3.63, 3.8) is 0 Å². The molecule has 1 rings (SSSR count). The van der Waals surface area contributed by atoms with Crippen molar-refractivity contribution in [3.8, 4) is 0 Å². The third-order valence-corrected chi connectivity index (χ3v) is 1.18. The molecule has 0 heterocycles. The van der Waals surface area contributed by atoms with E-state index in [1.165, 1.54) is 12.2 Å². The monoisotopic (exact) mass is 164 g/mol. The lowest BCUT2D eigenvalue weighted by Gasteiger charge is -1.89. The first kappa shape index (κ1) is 8.03. The molecule has 6 heteroatoms. The Balaban J connectivity index is 3.06. The van der Waals surface area contributed by atoms with Crippen LogP contribution in [-0.4, -0.2) is 21.2 Å². The molecular weight excluding hydrogens is 160 g/mol. The molecule has 0 saturated heterocycles. The van der Waals surface area contributed by atoms with Gasteiger partial charge in [-0.15, -0.1) is 0 Å². The quantitative estimate of drug-likeness (QED) is 0.184. The molecule has 0 radical (unpaired) electrons. The van der Waals surface area contributed by atoms with Crippen molar-refractivity contribution in [2.75, 3.05) is 0 Å². The summed E-state index contributed by atoms with van der Waals surface area (Å²) in [6, 6.07) is 0. The van der Waals surface area contributed by atoms with E-state index in [9.17, 15) is 10.1 Å². The molecule has 0 amide bonds. The van der Waals surface area contributed by atoms with Crippen LogP contribution in [0.2, 0.25) is 0 Å². The minimum atomic E-state index is -0.843. The topological polar surface area (TPSA) is 91.9 Å². The van der Waals surface area contributed by atoms with Gasteiger partial charge in [0.15, 0.2) is 5.03 Å². The van der Waals surface area contributed by atoms with E-state index in [2.05, 4.69) is 9.89 Å². The second-order valence-electron chi connectivity index (χ2n) is 1.93. The van der Waals surface area contributed by atoms with E-state index in [4.69, 9.17) is 5.53 Å². The van der Waals surface area contributed by atoms with Crippen LogP contribution in [0.4, 0.5) is 0 Å². The zero-order valence-electron chi connectivity index (χ0n) is 5.91. The van der Waals surface area contributed by atoms with Gasteiger partial charge >= 0.3 is 5.71 Å². The molecule has 0 spiro atoms. The molecule has 0 aromatic rings. The van der Waals surface area contributed by atoms with E-state index in [1.54, 1.807) is 12.2 Å². The molecule has 0 N–H and O–H groups in total. The van der Waals surface area contributed by atoms with Crippen LogP contribution >= 0.6 is 0 Å². The number of hydrazone groups is 1. The number of allylic oxidation sites excluding steroid dienone is 4. The van der Waals surface area contributed by atoms with Crippen LogP contribution in [0, 0.1) is 10.1 Å². The summed E-state index contributed by atoms with van der Waals surface area (Å²) in [7, 11) is 0. The molecule has 0 atom stereocenters. The number of rotatable bonds is 1. The highest BCUT2D eigenvalue weighted by atomic mass is 16.7. The van der Waals surface area contributed by atoms with Crippen LogP contribution in [0.3, 0.4) is 0 Å². The minimum Gasteiger partial charge on any atom is -0.361 e. The summed E-state index contributed by atoms with van der Waals surface area (Å²) in [4.78, 5) is 12.8. The third kappa shape index (κ3) is 1.71. The normalized spacial score (nSPS) is 18.0. The molecule has 0 aromatic heterocycles. The molecule has 0 saturated carbocycles. The van der Waals surface area contributed by atoms with E-state index in [0.717, 1.165) is 0 Å². The Hall–Kier alpha value is -2.07. The summed E-state index contributed by atoms with van der Waals surface area (Å²) in [5.74, 6) is 0. The molecule has 1 aliphatic carbocycles. The second-order valence-corrected chi connectivity index (χ2v) is 1.93. The van der Waals surface area contributed by atoms with Crippen LogP contribution < -0.4 is 0 Å². The van der Waals surface area contributed by atoms with Crippen molar-refractivity contribution in [2.24, 2.45) is 5.10 Å². The van der Waals surface area contributed by atoms with E-state index in [1.807, 2.05) is 0 Å². The van der Waals surface area contributed by atoms with Gasteiger partial charge in [-0.3, -0.25) is 0 Å². The summed E-state index contributed by atoms with van der Waals surface area (Å²) in [5.41, 5.74) is 8.48. The SMILES string of the molecule is [N-]=[N+]=C1C=CC=CC1=N[N+](=O)[O-]. The molecule has 0 bridgehead atoms. The van der Waals surface area contributed by atoms with E-state index in [-0.39, 0.29) is 11.4 Å². The molecule has 0 unspecified atom stereocenters. The molecule has 12 heavy (non-hydrogen) atoms. The first-order valence-electron chi connectivity index (χ1n) is 3.04. The van der Waals surface area contributed by atoms with E-state index < -0.39 is 5.03 Å². The molecule has 0 aromatic carbocycles. The first-order valence-corrected chi connectivity index (χ1v) is 3.04.